The van der Waals surface area contributed by atoms with Gasteiger partial charge < -0.3 is 14.4 Å². The highest BCUT2D eigenvalue weighted by Crippen LogP contribution is 2.28. The number of nitrogens with zero attached hydrogens (tertiary/aromatic N) is 2. The second-order valence-corrected chi connectivity index (χ2v) is 4.69. The maximum atomic E-state index is 10.8. The normalized spacial score (nSPS) is 18.9. The first-order chi connectivity index (χ1) is 9.74. The monoisotopic (exact) mass is 274 g/mol. The van der Waals surface area contributed by atoms with E-state index in [1.165, 1.54) is 12.1 Å². The number of aromatic carboxylic acids is 1. The van der Waals surface area contributed by atoms with Crippen molar-refractivity contribution in [2.75, 3.05) is 6.61 Å². The van der Waals surface area contributed by atoms with Gasteiger partial charge in [0.2, 0.25) is 5.82 Å². The zero-order valence-electron chi connectivity index (χ0n) is 10.8. The Balaban J connectivity index is 1.80. The molecule has 104 valence electrons. The van der Waals surface area contributed by atoms with Crippen LogP contribution in [0.15, 0.2) is 28.8 Å². The summed E-state index contributed by atoms with van der Waals surface area (Å²) in [6, 6.07) is 6.37. The molecule has 1 aromatic heterocycles. The molecule has 0 aliphatic carbocycles. The Morgan fingerprint density at radius 1 is 1.25 bits per heavy atom. The first-order valence-corrected chi connectivity index (χ1v) is 6.53. The van der Waals surface area contributed by atoms with Gasteiger partial charge in [0.05, 0.1) is 5.56 Å². The minimum absolute atomic E-state index is 0.122. The SMILES string of the molecule is O=C(O)c1ccc(-c2noc(C3CCCCO3)n2)cc1. The van der Waals surface area contributed by atoms with Crippen LogP contribution in [0.25, 0.3) is 11.4 Å². The Kier molecular flexibility index (Phi) is 3.47. The molecule has 1 N–H and O–H groups in total. The molecule has 2 heterocycles. The summed E-state index contributed by atoms with van der Waals surface area (Å²) in [6.07, 6.45) is 2.92. The maximum absolute atomic E-state index is 10.8. The van der Waals surface area contributed by atoms with Crippen molar-refractivity contribution in [2.45, 2.75) is 25.4 Å². The van der Waals surface area contributed by atoms with Gasteiger partial charge in [0, 0.05) is 12.2 Å². The van der Waals surface area contributed by atoms with E-state index in [2.05, 4.69) is 10.1 Å². The third-order valence-electron chi connectivity index (χ3n) is 3.29. The van der Waals surface area contributed by atoms with Gasteiger partial charge in [0.25, 0.3) is 5.89 Å². The number of carboxylic acids is 1. The molecule has 1 aliphatic heterocycles. The van der Waals surface area contributed by atoms with Gasteiger partial charge in [-0.3, -0.25) is 0 Å². The molecule has 2 aromatic rings. The molecule has 0 amide bonds. The summed E-state index contributed by atoms with van der Waals surface area (Å²) < 4.78 is 10.8. The Morgan fingerprint density at radius 3 is 2.70 bits per heavy atom. The molecule has 6 nitrogen and oxygen atoms in total. The first kappa shape index (κ1) is 12.8. The number of carboxylic acid groups (broad SMARTS) is 1. The minimum atomic E-state index is -0.957. The molecule has 0 spiro atoms. The number of aromatic nitrogens is 2. The average molecular weight is 274 g/mol. The van der Waals surface area contributed by atoms with Gasteiger partial charge >= 0.3 is 5.97 Å². The van der Waals surface area contributed by atoms with E-state index in [0.717, 1.165) is 31.4 Å². The lowest BCUT2D eigenvalue weighted by atomic mass is 10.1. The highest BCUT2D eigenvalue weighted by atomic mass is 16.5. The van der Waals surface area contributed by atoms with E-state index in [0.29, 0.717) is 11.7 Å². The van der Waals surface area contributed by atoms with Crippen molar-refractivity contribution in [2.24, 2.45) is 0 Å². The molecule has 1 unspecified atom stereocenters. The lowest BCUT2D eigenvalue weighted by molar-refractivity contribution is -0.00459. The Bertz CT molecular complexity index is 600. The molecule has 1 aliphatic rings. The van der Waals surface area contributed by atoms with Gasteiger partial charge in [-0.25, -0.2) is 4.79 Å². The van der Waals surface area contributed by atoms with Crippen molar-refractivity contribution >= 4 is 5.97 Å². The van der Waals surface area contributed by atoms with Crippen LogP contribution in [-0.2, 0) is 4.74 Å². The molecule has 0 saturated carbocycles. The molecule has 6 heteroatoms. The van der Waals surface area contributed by atoms with Crippen LogP contribution in [-0.4, -0.2) is 27.8 Å². The standard InChI is InChI=1S/C14H14N2O4/c17-14(18)10-6-4-9(5-7-10)12-15-13(20-16-12)11-3-1-2-8-19-11/h4-7,11H,1-3,8H2,(H,17,18). The van der Waals surface area contributed by atoms with Gasteiger partial charge in [0.1, 0.15) is 6.10 Å². The number of rotatable bonds is 3. The number of carbonyl (C=O) groups is 1. The van der Waals surface area contributed by atoms with Crippen LogP contribution in [0, 0.1) is 0 Å². The number of hydrogen-bond acceptors (Lipinski definition) is 5. The third-order valence-corrected chi connectivity index (χ3v) is 3.29. The quantitative estimate of drug-likeness (QED) is 0.926. The molecule has 3 rings (SSSR count). The summed E-state index contributed by atoms with van der Waals surface area (Å²) in [5.41, 5.74) is 0.953. The van der Waals surface area contributed by atoms with Gasteiger partial charge in [-0.2, -0.15) is 4.98 Å². The number of ether oxygens (including phenoxy) is 1. The molecule has 0 bridgehead atoms. The predicted octanol–water partition coefficient (Wildman–Crippen LogP) is 2.68. The van der Waals surface area contributed by atoms with E-state index < -0.39 is 5.97 Å². The Morgan fingerprint density at radius 2 is 2.05 bits per heavy atom. The summed E-state index contributed by atoms with van der Waals surface area (Å²) >= 11 is 0. The molecule has 20 heavy (non-hydrogen) atoms. The van der Waals surface area contributed by atoms with Crippen molar-refractivity contribution in [1.29, 1.82) is 0 Å². The maximum Gasteiger partial charge on any atom is 0.335 e. The van der Waals surface area contributed by atoms with Gasteiger partial charge in [0.15, 0.2) is 0 Å². The summed E-state index contributed by atoms with van der Waals surface area (Å²) in [4.78, 5) is 15.1. The van der Waals surface area contributed by atoms with E-state index in [9.17, 15) is 4.79 Å². The summed E-state index contributed by atoms with van der Waals surface area (Å²) in [6.45, 7) is 0.718. The van der Waals surface area contributed by atoms with Crippen LogP contribution in [0.4, 0.5) is 0 Å². The van der Waals surface area contributed by atoms with Crippen LogP contribution in [0.5, 0.6) is 0 Å². The molecule has 1 saturated heterocycles. The minimum Gasteiger partial charge on any atom is -0.478 e. The van der Waals surface area contributed by atoms with Crippen molar-refractivity contribution in [3.05, 3.63) is 35.7 Å². The zero-order valence-corrected chi connectivity index (χ0v) is 10.8. The van der Waals surface area contributed by atoms with Crippen LogP contribution >= 0.6 is 0 Å². The Hall–Kier alpha value is -2.21. The van der Waals surface area contributed by atoms with Gasteiger partial charge in [-0.15, -0.1) is 0 Å². The fraction of sp³-hybridized carbons (Fsp3) is 0.357. The van der Waals surface area contributed by atoms with Crippen LogP contribution in [0.1, 0.15) is 41.6 Å². The highest BCUT2D eigenvalue weighted by molar-refractivity contribution is 5.88. The molecule has 1 aromatic carbocycles. The fourth-order valence-electron chi connectivity index (χ4n) is 2.18. The van der Waals surface area contributed by atoms with Crippen molar-refractivity contribution < 1.29 is 19.2 Å². The van der Waals surface area contributed by atoms with E-state index >= 15 is 0 Å². The zero-order chi connectivity index (χ0) is 13.9. The van der Waals surface area contributed by atoms with Crippen LogP contribution < -0.4 is 0 Å². The van der Waals surface area contributed by atoms with Gasteiger partial charge in [-0.1, -0.05) is 17.3 Å². The predicted molar refractivity (Wildman–Crippen MR) is 69.2 cm³/mol. The van der Waals surface area contributed by atoms with E-state index in [1.807, 2.05) is 0 Å². The van der Waals surface area contributed by atoms with Crippen molar-refractivity contribution in [3.8, 4) is 11.4 Å². The fourth-order valence-corrected chi connectivity index (χ4v) is 2.18. The summed E-state index contributed by atoms with van der Waals surface area (Å²) in [5.74, 6) is -0.0194. The van der Waals surface area contributed by atoms with Crippen molar-refractivity contribution in [3.63, 3.8) is 0 Å². The van der Waals surface area contributed by atoms with Crippen LogP contribution in [0.3, 0.4) is 0 Å². The van der Waals surface area contributed by atoms with E-state index in [1.54, 1.807) is 12.1 Å². The average Bonchev–Trinajstić information content (AvgIpc) is 2.98. The number of hydrogen-bond donors (Lipinski definition) is 1. The third kappa shape index (κ3) is 2.55. The topological polar surface area (TPSA) is 85.5 Å². The lowest BCUT2D eigenvalue weighted by Crippen LogP contribution is -2.11. The molecule has 1 atom stereocenters. The van der Waals surface area contributed by atoms with Crippen LogP contribution in [0.2, 0.25) is 0 Å². The molecule has 0 radical (unpaired) electrons. The second-order valence-electron chi connectivity index (χ2n) is 4.69. The first-order valence-electron chi connectivity index (χ1n) is 6.53. The lowest BCUT2D eigenvalue weighted by Gasteiger charge is -2.18. The molecular weight excluding hydrogens is 260 g/mol. The smallest absolute Gasteiger partial charge is 0.335 e. The number of benzene rings is 1. The largest absolute Gasteiger partial charge is 0.478 e. The summed E-state index contributed by atoms with van der Waals surface area (Å²) in [7, 11) is 0. The summed E-state index contributed by atoms with van der Waals surface area (Å²) in [5, 5.41) is 12.8. The second kappa shape index (κ2) is 5.42. The Labute approximate surface area is 115 Å². The van der Waals surface area contributed by atoms with Gasteiger partial charge in [-0.05, 0) is 31.4 Å². The molecular formula is C14H14N2O4. The highest BCUT2D eigenvalue weighted by Gasteiger charge is 2.22. The van der Waals surface area contributed by atoms with E-state index in [-0.39, 0.29) is 11.7 Å². The van der Waals surface area contributed by atoms with E-state index in [4.69, 9.17) is 14.4 Å². The van der Waals surface area contributed by atoms with Crippen molar-refractivity contribution in [1.82, 2.24) is 10.1 Å². The molecule has 1 fully saturated rings.